The van der Waals surface area contributed by atoms with Gasteiger partial charge in [-0.3, -0.25) is 9.59 Å². The fourth-order valence-corrected chi connectivity index (χ4v) is 2.98. The molecule has 4 nitrogen and oxygen atoms in total. The number of piperidine rings is 1. The van der Waals surface area contributed by atoms with Gasteiger partial charge in [-0.1, -0.05) is 30.3 Å². The molecule has 0 saturated carbocycles. The summed E-state index contributed by atoms with van der Waals surface area (Å²) in [7, 11) is 0. The van der Waals surface area contributed by atoms with Crippen LogP contribution in [0.2, 0.25) is 0 Å². The molecule has 0 radical (unpaired) electrons. The zero-order valence-electron chi connectivity index (χ0n) is 12.7. The summed E-state index contributed by atoms with van der Waals surface area (Å²) < 4.78 is 0. The van der Waals surface area contributed by atoms with E-state index in [1.54, 1.807) is 19.1 Å². The van der Waals surface area contributed by atoms with E-state index in [1.807, 2.05) is 30.0 Å². The monoisotopic (exact) mass is 289 g/mol. The lowest BCUT2D eigenvalue weighted by molar-refractivity contribution is -0.148. The maximum atomic E-state index is 12.6. The smallest absolute Gasteiger partial charge is 0.314 e. The van der Waals surface area contributed by atoms with Crippen molar-refractivity contribution in [2.45, 2.75) is 51.0 Å². The largest absolute Gasteiger partial charge is 0.481 e. The Kier molecular flexibility index (Phi) is 4.66. The Labute approximate surface area is 125 Å². The van der Waals surface area contributed by atoms with Crippen LogP contribution in [0.15, 0.2) is 30.3 Å². The Balaban J connectivity index is 2.20. The van der Waals surface area contributed by atoms with Crippen molar-refractivity contribution in [3.8, 4) is 0 Å². The zero-order valence-corrected chi connectivity index (χ0v) is 12.7. The topological polar surface area (TPSA) is 57.6 Å². The summed E-state index contributed by atoms with van der Waals surface area (Å²) >= 11 is 0. The molecule has 0 aromatic heterocycles. The highest BCUT2D eigenvalue weighted by Gasteiger charge is 2.39. The molecule has 0 aliphatic carbocycles. The van der Waals surface area contributed by atoms with E-state index in [2.05, 4.69) is 0 Å². The fraction of sp³-hybridized carbons (Fsp3) is 0.529. The molecule has 1 heterocycles. The minimum Gasteiger partial charge on any atom is -0.481 e. The van der Waals surface area contributed by atoms with Crippen LogP contribution in [0.25, 0.3) is 0 Å². The van der Waals surface area contributed by atoms with E-state index in [4.69, 9.17) is 0 Å². The molecule has 21 heavy (non-hydrogen) atoms. The summed E-state index contributed by atoms with van der Waals surface area (Å²) in [6, 6.07) is 9.23. The SMILES string of the molecule is CC1CCCCN1C(=O)CC(C)(C(=O)O)c1ccccc1. The van der Waals surface area contributed by atoms with Crippen molar-refractivity contribution in [2.75, 3.05) is 6.54 Å². The number of nitrogens with zero attached hydrogens (tertiary/aromatic N) is 1. The Morgan fingerprint density at radius 2 is 1.95 bits per heavy atom. The van der Waals surface area contributed by atoms with E-state index in [0.717, 1.165) is 25.8 Å². The quantitative estimate of drug-likeness (QED) is 0.927. The second kappa shape index (κ2) is 6.29. The van der Waals surface area contributed by atoms with Crippen LogP contribution < -0.4 is 0 Å². The first-order valence-corrected chi connectivity index (χ1v) is 7.53. The molecule has 2 unspecified atom stereocenters. The van der Waals surface area contributed by atoms with Crippen molar-refractivity contribution >= 4 is 11.9 Å². The van der Waals surface area contributed by atoms with Gasteiger partial charge in [0.05, 0.1) is 5.41 Å². The van der Waals surface area contributed by atoms with Gasteiger partial charge >= 0.3 is 5.97 Å². The van der Waals surface area contributed by atoms with Gasteiger partial charge in [-0.2, -0.15) is 0 Å². The number of amides is 1. The number of carboxylic acid groups (broad SMARTS) is 1. The van der Waals surface area contributed by atoms with Gasteiger partial charge in [0.25, 0.3) is 0 Å². The summed E-state index contributed by atoms with van der Waals surface area (Å²) in [5.41, 5.74) is -0.495. The van der Waals surface area contributed by atoms with Crippen LogP contribution in [0.1, 0.15) is 45.1 Å². The second-order valence-corrected chi connectivity index (χ2v) is 6.11. The number of hydrogen-bond donors (Lipinski definition) is 1. The Bertz CT molecular complexity index is 514. The highest BCUT2D eigenvalue weighted by atomic mass is 16.4. The van der Waals surface area contributed by atoms with E-state index in [1.165, 1.54) is 0 Å². The number of aliphatic carboxylic acids is 1. The van der Waals surface area contributed by atoms with Crippen molar-refractivity contribution in [3.05, 3.63) is 35.9 Å². The van der Waals surface area contributed by atoms with Gasteiger partial charge in [0.1, 0.15) is 0 Å². The molecule has 4 heteroatoms. The molecule has 1 aromatic rings. The minimum atomic E-state index is -1.17. The number of carbonyl (C=O) groups excluding carboxylic acids is 1. The summed E-state index contributed by atoms with van der Waals surface area (Å²) in [6.07, 6.45) is 3.16. The van der Waals surface area contributed by atoms with Crippen molar-refractivity contribution < 1.29 is 14.7 Å². The first-order chi connectivity index (χ1) is 9.95. The average Bonchev–Trinajstić information content (AvgIpc) is 2.48. The van der Waals surface area contributed by atoms with Crippen LogP contribution >= 0.6 is 0 Å². The van der Waals surface area contributed by atoms with Gasteiger partial charge in [-0.05, 0) is 38.7 Å². The number of carbonyl (C=O) groups is 2. The Morgan fingerprint density at radius 1 is 1.29 bits per heavy atom. The second-order valence-electron chi connectivity index (χ2n) is 6.11. The van der Waals surface area contributed by atoms with Crippen molar-refractivity contribution in [1.29, 1.82) is 0 Å². The predicted molar refractivity (Wildman–Crippen MR) is 81.1 cm³/mol. The lowest BCUT2D eigenvalue weighted by atomic mass is 9.79. The first-order valence-electron chi connectivity index (χ1n) is 7.53. The molecule has 114 valence electrons. The Hall–Kier alpha value is -1.84. The molecule has 1 amide bonds. The summed E-state index contributed by atoms with van der Waals surface area (Å²) in [4.78, 5) is 26.2. The molecule has 1 fully saturated rings. The van der Waals surface area contributed by atoms with Gasteiger partial charge in [0.2, 0.25) is 5.91 Å². The van der Waals surface area contributed by atoms with Gasteiger partial charge in [0, 0.05) is 19.0 Å². The van der Waals surface area contributed by atoms with E-state index in [-0.39, 0.29) is 18.4 Å². The maximum absolute atomic E-state index is 12.6. The minimum absolute atomic E-state index is 0.0106. The molecule has 1 aliphatic heterocycles. The highest BCUT2D eigenvalue weighted by Crippen LogP contribution is 2.30. The Morgan fingerprint density at radius 3 is 2.52 bits per heavy atom. The number of rotatable bonds is 4. The van der Waals surface area contributed by atoms with Gasteiger partial charge in [0.15, 0.2) is 0 Å². The van der Waals surface area contributed by atoms with Crippen LogP contribution in [-0.2, 0) is 15.0 Å². The number of hydrogen-bond acceptors (Lipinski definition) is 2. The lowest BCUT2D eigenvalue weighted by Gasteiger charge is -2.36. The molecule has 1 saturated heterocycles. The highest BCUT2D eigenvalue weighted by molar-refractivity contribution is 5.89. The summed E-state index contributed by atoms with van der Waals surface area (Å²) in [6.45, 7) is 4.42. The molecule has 0 bridgehead atoms. The van der Waals surface area contributed by atoms with Crippen LogP contribution in [-0.4, -0.2) is 34.5 Å². The maximum Gasteiger partial charge on any atom is 0.314 e. The molecule has 2 rings (SSSR count). The fourth-order valence-electron chi connectivity index (χ4n) is 2.98. The number of likely N-dealkylation sites (tertiary alicyclic amines) is 1. The predicted octanol–water partition coefficient (Wildman–Crippen LogP) is 2.82. The molecule has 0 spiro atoms. The molecular formula is C17H23NO3. The normalized spacial score (nSPS) is 21.6. The molecule has 1 N–H and O–H groups in total. The third-order valence-corrected chi connectivity index (χ3v) is 4.51. The molecule has 2 atom stereocenters. The molecular weight excluding hydrogens is 266 g/mol. The summed E-state index contributed by atoms with van der Waals surface area (Å²) in [5.74, 6) is -1.01. The first kappa shape index (κ1) is 15.5. The van der Waals surface area contributed by atoms with Gasteiger partial charge in [-0.15, -0.1) is 0 Å². The third kappa shape index (κ3) is 3.26. The zero-order chi connectivity index (χ0) is 15.5. The van der Waals surface area contributed by atoms with Crippen molar-refractivity contribution in [1.82, 2.24) is 4.90 Å². The van der Waals surface area contributed by atoms with Gasteiger partial charge in [-0.25, -0.2) is 0 Å². The van der Waals surface area contributed by atoms with Gasteiger partial charge < -0.3 is 10.0 Å². The van der Waals surface area contributed by atoms with Crippen LogP contribution in [0, 0.1) is 0 Å². The van der Waals surface area contributed by atoms with E-state index < -0.39 is 11.4 Å². The average molecular weight is 289 g/mol. The van der Waals surface area contributed by atoms with E-state index in [9.17, 15) is 14.7 Å². The number of benzene rings is 1. The van der Waals surface area contributed by atoms with Crippen molar-refractivity contribution in [3.63, 3.8) is 0 Å². The standard InChI is InChI=1S/C17H23NO3/c1-13-8-6-7-11-18(13)15(19)12-17(2,16(20)21)14-9-4-3-5-10-14/h3-5,9-10,13H,6-8,11-12H2,1-2H3,(H,20,21). The van der Waals surface area contributed by atoms with Crippen LogP contribution in [0.4, 0.5) is 0 Å². The number of carboxylic acids is 1. The molecule has 1 aliphatic rings. The van der Waals surface area contributed by atoms with Crippen LogP contribution in [0.3, 0.4) is 0 Å². The van der Waals surface area contributed by atoms with E-state index >= 15 is 0 Å². The lowest BCUT2D eigenvalue weighted by Crippen LogP contribution is -2.46. The van der Waals surface area contributed by atoms with E-state index in [0.29, 0.717) is 5.56 Å². The third-order valence-electron chi connectivity index (χ3n) is 4.51. The molecule has 1 aromatic carbocycles. The summed E-state index contributed by atoms with van der Waals surface area (Å²) in [5, 5.41) is 9.63. The van der Waals surface area contributed by atoms with Crippen LogP contribution in [0.5, 0.6) is 0 Å². The van der Waals surface area contributed by atoms with Crippen molar-refractivity contribution in [2.24, 2.45) is 0 Å².